The average molecular weight is 284 g/mol. The fourth-order valence-corrected chi connectivity index (χ4v) is 2.56. The lowest BCUT2D eigenvalue weighted by atomic mass is 10.1. The van der Waals surface area contributed by atoms with Crippen LogP contribution in [-0.2, 0) is 9.59 Å². The van der Waals surface area contributed by atoms with E-state index in [-0.39, 0.29) is 29.9 Å². The van der Waals surface area contributed by atoms with Crippen molar-refractivity contribution in [3.8, 4) is 0 Å². The quantitative estimate of drug-likeness (QED) is 0.626. The molecule has 0 aromatic heterocycles. The molecule has 0 aromatic rings. The van der Waals surface area contributed by atoms with Crippen LogP contribution < -0.4 is 16.0 Å². The Hall–Kier alpha value is -1.14. The van der Waals surface area contributed by atoms with E-state index in [0.717, 1.165) is 19.4 Å². The molecule has 0 aromatic carbocycles. The molecule has 1 saturated heterocycles. The van der Waals surface area contributed by atoms with Crippen molar-refractivity contribution >= 4 is 11.8 Å². The van der Waals surface area contributed by atoms with Gasteiger partial charge in [-0.2, -0.15) is 0 Å². The summed E-state index contributed by atoms with van der Waals surface area (Å²) < 4.78 is 0. The van der Waals surface area contributed by atoms with Crippen molar-refractivity contribution in [2.75, 3.05) is 26.7 Å². The summed E-state index contributed by atoms with van der Waals surface area (Å²) in [6, 6.07) is -0.359. The molecule has 1 heterocycles. The second-order valence-corrected chi connectivity index (χ2v) is 5.27. The number of carbonyl (C=O) groups excluding carboxylic acids is 2. The van der Waals surface area contributed by atoms with Crippen molar-refractivity contribution < 1.29 is 9.59 Å². The van der Waals surface area contributed by atoms with Gasteiger partial charge in [-0.25, -0.2) is 0 Å². The molecule has 0 spiro atoms. The number of hydrogen-bond acceptors (Lipinski definition) is 4. The van der Waals surface area contributed by atoms with Crippen LogP contribution in [0.5, 0.6) is 0 Å². The van der Waals surface area contributed by atoms with E-state index in [4.69, 9.17) is 0 Å². The smallest absolute Gasteiger partial charge is 0.238 e. The molecule has 2 amide bonds. The van der Waals surface area contributed by atoms with Gasteiger partial charge in [-0.3, -0.25) is 14.5 Å². The summed E-state index contributed by atoms with van der Waals surface area (Å²) in [5.41, 5.74) is 0. The molecule has 1 fully saturated rings. The number of hydrogen-bond donors (Lipinski definition) is 3. The number of nitrogens with one attached hydrogen (secondary N) is 3. The van der Waals surface area contributed by atoms with Crippen LogP contribution in [0.3, 0.4) is 0 Å². The normalized spacial score (nSPS) is 21.6. The lowest BCUT2D eigenvalue weighted by Gasteiger charge is -2.38. The summed E-state index contributed by atoms with van der Waals surface area (Å²) in [4.78, 5) is 26.2. The third kappa shape index (κ3) is 4.18. The third-order valence-corrected chi connectivity index (χ3v) is 4.04. The second-order valence-electron chi connectivity index (χ2n) is 5.27. The fraction of sp³-hybridized carbons (Fsp3) is 0.857. The Bertz CT molecular complexity index is 331. The molecule has 6 heteroatoms. The largest absolute Gasteiger partial charge is 0.358 e. The zero-order valence-corrected chi connectivity index (χ0v) is 13.0. The van der Waals surface area contributed by atoms with Gasteiger partial charge in [-0.15, -0.1) is 0 Å². The van der Waals surface area contributed by atoms with Crippen molar-refractivity contribution in [2.45, 2.75) is 51.7 Å². The number of nitrogens with zero attached hydrogens (tertiary/aromatic N) is 1. The van der Waals surface area contributed by atoms with Crippen LogP contribution in [0.25, 0.3) is 0 Å². The molecule has 1 rings (SSSR count). The molecule has 1 aliphatic heterocycles. The van der Waals surface area contributed by atoms with Crippen LogP contribution in [0.1, 0.15) is 33.6 Å². The zero-order valence-electron chi connectivity index (χ0n) is 13.0. The Morgan fingerprint density at radius 2 is 2.00 bits per heavy atom. The molecule has 0 saturated carbocycles. The van der Waals surface area contributed by atoms with Crippen molar-refractivity contribution in [1.82, 2.24) is 20.9 Å². The number of likely N-dealkylation sites (N-methyl/N-ethyl adjacent to an activating group) is 1. The van der Waals surface area contributed by atoms with Crippen LogP contribution in [0.2, 0.25) is 0 Å². The van der Waals surface area contributed by atoms with Gasteiger partial charge in [-0.05, 0) is 19.8 Å². The Morgan fingerprint density at radius 3 is 2.55 bits per heavy atom. The summed E-state index contributed by atoms with van der Waals surface area (Å²) in [6.07, 6.45) is 1.85. The lowest BCUT2D eigenvalue weighted by molar-refractivity contribution is -0.133. The van der Waals surface area contributed by atoms with E-state index in [9.17, 15) is 9.59 Å². The first-order valence-corrected chi connectivity index (χ1v) is 7.53. The highest BCUT2D eigenvalue weighted by Gasteiger charge is 2.34. The second kappa shape index (κ2) is 8.21. The van der Waals surface area contributed by atoms with Gasteiger partial charge in [0.25, 0.3) is 0 Å². The number of piperazine rings is 1. The van der Waals surface area contributed by atoms with E-state index in [1.807, 2.05) is 11.8 Å². The molecule has 0 radical (unpaired) electrons. The third-order valence-electron chi connectivity index (χ3n) is 4.04. The topological polar surface area (TPSA) is 73.5 Å². The summed E-state index contributed by atoms with van der Waals surface area (Å²) in [7, 11) is 1.63. The van der Waals surface area contributed by atoms with E-state index in [1.165, 1.54) is 0 Å². The maximum atomic E-state index is 12.3. The summed E-state index contributed by atoms with van der Waals surface area (Å²) in [5, 5.41) is 8.93. The molecular weight excluding hydrogens is 256 g/mol. The maximum Gasteiger partial charge on any atom is 0.238 e. The molecule has 2 unspecified atom stereocenters. The van der Waals surface area contributed by atoms with Crippen LogP contribution in [0.4, 0.5) is 0 Å². The van der Waals surface area contributed by atoms with Crippen LogP contribution >= 0.6 is 0 Å². The van der Waals surface area contributed by atoms with E-state index >= 15 is 0 Å². The highest BCUT2D eigenvalue weighted by atomic mass is 16.2. The first-order valence-electron chi connectivity index (χ1n) is 7.53. The van der Waals surface area contributed by atoms with Gasteiger partial charge in [0.05, 0.1) is 6.04 Å². The minimum Gasteiger partial charge on any atom is -0.358 e. The van der Waals surface area contributed by atoms with Crippen LogP contribution in [-0.4, -0.2) is 61.5 Å². The van der Waals surface area contributed by atoms with E-state index in [2.05, 4.69) is 29.8 Å². The van der Waals surface area contributed by atoms with Crippen molar-refractivity contribution in [1.29, 1.82) is 0 Å². The van der Waals surface area contributed by atoms with Gasteiger partial charge in [-0.1, -0.05) is 13.8 Å². The molecular formula is C14H28N4O2. The predicted molar refractivity (Wildman–Crippen MR) is 79.4 cm³/mol. The standard InChI is InChI=1S/C14H28N4O2/c1-5-11(6-2)17-13(19)10(3)18-8-7-16-9-12(18)14(20)15-4/h10-12,16H,5-9H2,1-4H3,(H,15,20)(H,17,19). The van der Waals surface area contributed by atoms with Gasteiger partial charge < -0.3 is 16.0 Å². The molecule has 1 aliphatic rings. The first-order chi connectivity index (χ1) is 9.54. The molecule has 2 atom stereocenters. The molecule has 0 aliphatic carbocycles. The lowest BCUT2D eigenvalue weighted by Crippen LogP contribution is -2.62. The maximum absolute atomic E-state index is 12.3. The Kier molecular flexibility index (Phi) is 6.95. The van der Waals surface area contributed by atoms with Gasteiger partial charge >= 0.3 is 0 Å². The minimum absolute atomic E-state index is 0.00880. The monoisotopic (exact) mass is 284 g/mol. The van der Waals surface area contributed by atoms with Gasteiger partial charge in [0.2, 0.25) is 11.8 Å². The SMILES string of the molecule is CCC(CC)NC(=O)C(C)N1CCNCC1C(=O)NC. The van der Waals surface area contributed by atoms with Gasteiger partial charge in [0, 0.05) is 32.7 Å². The van der Waals surface area contributed by atoms with Crippen molar-refractivity contribution in [3.63, 3.8) is 0 Å². The average Bonchev–Trinajstić information content (AvgIpc) is 2.50. The number of amides is 2. The Morgan fingerprint density at radius 1 is 1.35 bits per heavy atom. The first kappa shape index (κ1) is 16.9. The molecule has 6 nitrogen and oxygen atoms in total. The van der Waals surface area contributed by atoms with Crippen molar-refractivity contribution in [3.05, 3.63) is 0 Å². The highest BCUT2D eigenvalue weighted by Crippen LogP contribution is 2.10. The van der Waals surface area contributed by atoms with E-state index in [0.29, 0.717) is 13.1 Å². The molecule has 0 bridgehead atoms. The number of carbonyl (C=O) groups is 2. The summed E-state index contributed by atoms with van der Waals surface area (Å²) >= 11 is 0. The van der Waals surface area contributed by atoms with Gasteiger partial charge in [0.15, 0.2) is 0 Å². The molecule has 116 valence electrons. The number of rotatable bonds is 6. The Balaban J connectivity index is 2.69. The molecule has 3 N–H and O–H groups in total. The van der Waals surface area contributed by atoms with E-state index in [1.54, 1.807) is 7.05 Å². The van der Waals surface area contributed by atoms with Gasteiger partial charge in [0.1, 0.15) is 6.04 Å². The van der Waals surface area contributed by atoms with Crippen LogP contribution in [0.15, 0.2) is 0 Å². The molecule has 20 heavy (non-hydrogen) atoms. The Labute approximate surface area is 121 Å². The van der Waals surface area contributed by atoms with E-state index < -0.39 is 0 Å². The predicted octanol–water partition coefficient (Wildman–Crippen LogP) is -0.300. The van der Waals surface area contributed by atoms with Crippen LogP contribution in [0, 0.1) is 0 Å². The van der Waals surface area contributed by atoms with Crippen molar-refractivity contribution in [2.24, 2.45) is 0 Å². The summed E-state index contributed by atoms with van der Waals surface area (Å²) in [6.45, 7) is 8.10. The minimum atomic E-state index is -0.292. The zero-order chi connectivity index (χ0) is 15.1. The highest BCUT2D eigenvalue weighted by molar-refractivity contribution is 5.85. The summed E-state index contributed by atoms with van der Waals surface area (Å²) in [5.74, 6) is -0.0334. The fourth-order valence-electron chi connectivity index (χ4n) is 2.56.